The lowest BCUT2D eigenvalue weighted by Gasteiger charge is -2.39. The third kappa shape index (κ3) is 2.62. The Bertz CT molecular complexity index is 381. The Balaban J connectivity index is 1.62. The van der Waals surface area contributed by atoms with Crippen LogP contribution in [0.1, 0.15) is 24.1 Å². The van der Waals surface area contributed by atoms with Crippen LogP contribution >= 0.6 is 11.3 Å². The molecule has 0 bridgehead atoms. The van der Waals surface area contributed by atoms with Crippen molar-refractivity contribution in [1.29, 1.82) is 0 Å². The van der Waals surface area contributed by atoms with Crippen LogP contribution in [-0.2, 0) is 16.0 Å². The van der Waals surface area contributed by atoms with Gasteiger partial charge < -0.3 is 9.47 Å². The molecular weight excluding hydrogens is 246 g/mol. The van der Waals surface area contributed by atoms with E-state index in [-0.39, 0.29) is 5.60 Å². The van der Waals surface area contributed by atoms with Gasteiger partial charge in [0.15, 0.2) is 0 Å². The number of ether oxygens (including phenoxy) is 2. The number of methoxy groups -OCH3 is 1. The van der Waals surface area contributed by atoms with E-state index in [1.54, 1.807) is 7.11 Å². The number of piperidine rings is 1. The molecule has 100 valence electrons. The van der Waals surface area contributed by atoms with Gasteiger partial charge in [0, 0.05) is 31.5 Å². The largest absolute Gasteiger partial charge is 0.379 e. The Morgan fingerprint density at radius 1 is 1.61 bits per heavy atom. The fourth-order valence-corrected chi connectivity index (χ4v) is 3.93. The summed E-state index contributed by atoms with van der Waals surface area (Å²) in [5.41, 5.74) is 0.0657. The van der Waals surface area contributed by atoms with Gasteiger partial charge in [0.1, 0.15) is 0 Å². The van der Waals surface area contributed by atoms with Crippen molar-refractivity contribution in [2.45, 2.75) is 37.5 Å². The molecule has 2 saturated heterocycles. The molecule has 3 heterocycles. The Kier molecular flexibility index (Phi) is 3.71. The van der Waals surface area contributed by atoms with Gasteiger partial charge in [0.2, 0.25) is 0 Å². The van der Waals surface area contributed by atoms with Crippen molar-refractivity contribution in [2.75, 3.05) is 26.8 Å². The molecule has 0 saturated carbocycles. The van der Waals surface area contributed by atoms with E-state index in [0.717, 1.165) is 26.1 Å². The summed E-state index contributed by atoms with van der Waals surface area (Å²) in [5, 5.41) is 2.15. The summed E-state index contributed by atoms with van der Waals surface area (Å²) in [6.07, 6.45) is 3.78. The van der Waals surface area contributed by atoms with Gasteiger partial charge in [-0.1, -0.05) is 6.07 Å². The quantitative estimate of drug-likeness (QED) is 0.840. The molecule has 3 nitrogen and oxygen atoms in total. The summed E-state index contributed by atoms with van der Waals surface area (Å²) in [5.74, 6) is 0. The Labute approximate surface area is 113 Å². The summed E-state index contributed by atoms with van der Waals surface area (Å²) in [7, 11) is 1.79. The highest BCUT2D eigenvalue weighted by atomic mass is 32.1. The minimum absolute atomic E-state index is 0.0657. The molecule has 2 fully saturated rings. The molecule has 0 radical (unpaired) electrons. The highest BCUT2D eigenvalue weighted by molar-refractivity contribution is 7.09. The Morgan fingerprint density at radius 3 is 3.28 bits per heavy atom. The Morgan fingerprint density at radius 2 is 2.56 bits per heavy atom. The number of rotatable bonds is 3. The fraction of sp³-hybridized carbons (Fsp3) is 0.714. The van der Waals surface area contributed by atoms with E-state index < -0.39 is 0 Å². The number of hydrogen-bond acceptors (Lipinski definition) is 4. The summed E-state index contributed by atoms with van der Waals surface area (Å²) in [6.45, 7) is 4.09. The third-order valence-corrected chi connectivity index (χ3v) is 4.95. The zero-order valence-corrected chi connectivity index (χ0v) is 11.7. The first-order valence-electron chi connectivity index (χ1n) is 6.71. The molecule has 1 aromatic rings. The lowest BCUT2D eigenvalue weighted by Crippen LogP contribution is -2.47. The second-order valence-corrected chi connectivity index (χ2v) is 6.48. The second-order valence-electron chi connectivity index (χ2n) is 5.45. The second kappa shape index (κ2) is 5.29. The van der Waals surface area contributed by atoms with E-state index in [9.17, 15) is 0 Å². The third-order valence-electron chi connectivity index (χ3n) is 4.09. The predicted octanol–water partition coefficient (Wildman–Crippen LogP) is 2.52. The number of nitrogens with zero attached hydrogens (tertiary/aromatic N) is 1. The maximum absolute atomic E-state index is 6.07. The first-order chi connectivity index (χ1) is 8.80. The predicted molar refractivity (Wildman–Crippen MR) is 72.9 cm³/mol. The van der Waals surface area contributed by atoms with Gasteiger partial charge in [-0.15, -0.1) is 11.3 Å². The molecule has 2 atom stereocenters. The van der Waals surface area contributed by atoms with Crippen LogP contribution in [-0.4, -0.2) is 43.4 Å². The van der Waals surface area contributed by atoms with E-state index in [1.807, 2.05) is 11.3 Å². The lowest BCUT2D eigenvalue weighted by molar-refractivity contribution is -0.0540. The van der Waals surface area contributed by atoms with Crippen molar-refractivity contribution >= 4 is 11.3 Å². The zero-order valence-electron chi connectivity index (χ0n) is 10.9. The average Bonchev–Trinajstić information content (AvgIpc) is 3.00. The average molecular weight is 267 g/mol. The first kappa shape index (κ1) is 12.6. The smallest absolute Gasteiger partial charge is 0.0836 e. The molecule has 2 aliphatic heterocycles. The SMILES string of the molecule is CO[C@H]1CO[C@@]2(CCCN(Cc3cccs3)C2)C1. The van der Waals surface area contributed by atoms with Crippen molar-refractivity contribution in [1.82, 2.24) is 4.90 Å². The molecule has 0 aliphatic carbocycles. The van der Waals surface area contributed by atoms with E-state index in [4.69, 9.17) is 9.47 Å². The normalized spacial score (nSPS) is 33.3. The molecule has 18 heavy (non-hydrogen) atoms. The van der Waals surface area contributed by atoms with Crippen molar-refractivity contribution in [3.05, 3.63) is 22.4 Å². The topological polar surface area (TPSA) is 21.7 Å². The van der Waals surface area contributed by atoms with Gasteiger partial charge in [0.05, 0.1) is 18.3 Å². The molecule has 0 amide bonds. The van der Waals surface area contributed by atoms with Gasteiger partial charge in [-0.05, 0) is 30.8 Å². The highest BCUT2D eigenvalue weighted by Gasteiger charge is 2.43. The summed E-state index contributed by atoms with van der Waals surface area (Å²) >= 11 is 1.85. The molecular formula is C14H21NO2S. The first-order valence-corrected chi connectivity index (χ1v) is 7.59. The van der Waals surface area contributed by atoms with Crippen LogP contribution in [0.3, 0.4) is 0 Å². The summed E-state index contributed by atoms with van der Waals surface area (Å²) < 4.78 is 11.5. The standard InChI is InChI=1S/C14H21NO2S/c1-16-12-8-14(17-10-12)5-3-6-15(11-14)9-13-4-2-7-18-13/h2,4,7,12H,3,5-6,8-11H2,1H3/t12-,14+/m1/s1. The minimum atomic E-state index is 0.0657. The molecule has 1 aromatic heterocycles. The van der Waals surface area contributed by atoms with Crippen LogP contribution in [0.2, 0.25) is 0 Å². The van der Waals surface area contributed by atoms with Crippen LogP contribution in [0.15, 0.2) is 17.5 Å². The molecule has 0 unspecified atom stereocenters. The van der Waals surface area contributed by atoms with Crippen molar-refractivity contribution in [2.24, 2.45) is 0 Å². The molecule has 1 spiro atoms. The van der Waals surface area contributed by atoms with Crippen LogP contribution in [0.5, 0.6) is 0 Å². The van der Waals surface area contributed by atoms with E-state index in [1.165, 1.54) is 24.3 Å². The molecule has 2 aliphatic rings. The summed E-state index contributed by atoms with van der Waals surface area (Å²) in [6, 6.07) is 4.35. The highest BCUT2D eigenvalue weighted by Crippen LogP contribution is 2.36. The Hall–Kier alpha value is -0.420. The molecule has 4 heteroatoms. The maximum Gasteiger partial charge on any atom is 0.0836 e. The van der Waals surface area contributed by atoms with Crippen molar-refractivity contribution in [3.8, 4) is 0 Å². The van der Waals surface area contributed by atoms with Crippen LogP contribution < -0.4 is 0 Å². The maximum atomic E-state index is 6.07. The van der Waals surface area contributed by atoms with E-state index in [2.05, 4.69) is 22.4 Å². The number of likely N-dealkylation sites (tertiary alicyclic amines) is 1. The van der Waals surface area contributed by atoms with Gasteiger partial charge >= 0.3 is 0 Å². The summed E-state index contributed by atoms with van der Waals surface area (Å²) in [4.78, 5) is 3.99. The van der Waals surface area contributed by atoms with Gasteiger partial charge in [-0.25, -0.2) is 0 Å². The molecule has 0 N–H and O–H groups in total. The van der Waals surface area contributed by atoms with E-state index >= 15 is 0 Å². The lowest BCUT2D eigenvalue weighted by atomic mass is 9.89. The fourth-order valence-electron chi connectivity index (χ4n) is 3.19. The number of hydrogen-bond donors (Lipinski definition) is 0. The van der Waals surface area contributed by atoms with Crippen LogP contribution in [0, 0.1) is 0 Å². The number of thiophene rings is 1. The van der Waals surface area contributed by atoms with Crippen molar-refractivity contribution in [3.63, 3.8) is 0 Å². The van der Waals surface area contributed by atoms with Crippen LogP contribution in [0.4, 0.5) is 0 Å². The molecule has 0 aromatic carbocycles. The molecule has 3 rings (SSSR count). The van der Waals surface area contributed by atoms with Gasteiger partial charge in [0.25, 0.3) is 0 Å². The van der Waals surface area contributed by atoms with Crippen LogP contribution in [0.25, 0.3) is 0 Å². The van der Waals surface area contributed by atoms with E-state index in [0.29, 0.717) is 6.10 Å². The monoisotopic (exact) mass is 267 g/mol. The minimum Gasteiger partial charge on any atom is -0.379 e. The zero-order chi connectivity index (χ0) is 12.4. The van der Waals surface area contributed by atoms with Gasteiger partial charge in [-0.3, -0.25) is 4.90 Å². The van der Waals surface area contributed by atoms with Gasteiger partial charge in [-0.2, -0.15) is 0 Å². The van der Waals surface area contributed by atoms with Crippen molar-refractivity contribution < 1.29 is 9.47 Å².